The molecule has 4 nitrogen and oxygen atoms in total. The molecule has 0 fully saturated rings. The highest BCUT2D eigenvalue weighted by Gasteiger charge is 2.12. The standard InChI is InChI=1S/C15H16N4/c1-9-4-5-13(11(3)6-9)19-14-12(18-15(19)16)7-10(2)8-17-14/h4-8H,1-3H3,(H2,16,18). The van der Waals surface area contributed by atoms with E-state index in [2.05, 4.69) is 42.0 Å². The van der Waals surface area contributed by atoms with Crippen molar-refractivity contribution in [2.75, 3.05) is 5.73 Å². The van der Waals surface area contributed by atoms with Gasteiger partial charge in [0.05, 0.1) is 5.69 Å². The summed E-state index contributed by atoms with van der Waals surface area (Å²) in [6.45, 7) is 6.15. The van der Waals surface area contributed by atoms with Gasteiger partial charge in [-0.05, 0) is 44.0 Å². The molecular formula is C15H16N4. The van der Waals surface area contributed by atoms with E-state index in [9.17, 15) is 0 Å². The summed E-state index contributed by atoms with van der Waals surface area (Å²) in [5.41, 5.74) is 12.2. The first-order valence-corrected chi connectivity index (χ1v) is 6.24. The lowest BCUT2D eigenvalue weighted by atomic mass is 10.1. The predicted octanol–water partition coefficient (Wildman–Crippen LogP) is 2.93. The van der Waals surface area contributed by atoms with Gasteiger partial charge in [0.1, 0.15) is 5.52 Å². The van der Waals surface area contributed by atoms with Crippen molar-refractivity contribution in [3.05, 3.63) is 47.2 Å². The number of nitrogens with two attached hydrogens (primary N) is 1. The second kappa shape index (κ2) is 4.09. The molecule has 0 saturated carbocycles. The maximum absolute atomic E-state index is 6.05. The third-order valence-electron chi connectivity index (χ3n) is 3.25. The summed E-state index contributed by atoms with van der Waals surface area (Å²) < 4.78 is 1.91. The van der Waals surface area contributed by atoms with Gasteiger partial charge in [-0.25, -0.2) is 9.97 Å². The molecule has 96 valence electrons. The first-order chi connectivity index (χ1) is 9.06. The third kappa shape index (κ3) is 1.85. The van der Waals surface area contributed by atoms with Gasteiger partial charge in [0, 0.05) is 6.20 Å². The van der Waals surface area contributed by atoms with E-state index in [1.807, 2.05) is 23.8 Å². The normalized spacial score (nSPS) is 11.1. The fourth-order valence-electron chi connectivity index (χ4n) is 2.38. The number of nitrogens with zero attached hydrogens (tertiary/aromatic N) is 3. The van der Waals surface area contributed by atoms with E-state index in [0.717, 1.165) is 28.0 Å². The molecule has 0 amide bonds. The second-order valence-corrected chi connectivity index (χ2v) is 4.95. The number of nitrogen functional groups attached to an aromatic ring is 1. The van der Waals surface area contributed by atoms with E-state index in [1.54, 1.807) is 0 Å². The quantitative estimate of drug-likeness (QED) is 0.724. The van der Waals surface area contributed by atoms with Crippen LogP contribution < -0.4 is 5.73 Å². The summed E-state index contributed by atoms with van der Waals surface area (Å²) in [7, 11) is 0. The molecule has 0 radical (unpaired) electrons. The maximum Gasteiger partial charge on any atom is 0.207 e. The van der Waals surface area contributed by atoms with E-state index in [1.165, 1.54) is 5.56 Å². The lowest BCUT2D eigenvalue weighted by Gasteiger charge is -2.10. The minimum atomic E-state index is 0.472. The molecule has 2 heterocycles. The Bertz CT molecular complexity index is 771. The molecular weight excluding hydrogens is 236 g/mol. The van der Waals surface area contributed by atoms with Gasteiger partial charge in [-0.3, -0.25) is 4.57 Å². The fraction of sp³-hybridized carbons (Fsp3) is 0.200. The number of aryl methyl sites for hydroxylation is 3. The Labute approximate surface area is 111 Å². The van der Waals surface area contributed by atoms with Gasteiger partial charge >= 0.3 is 0 Å². The van der Waals surface area contributed by atoms with Crippen LogP contribution in [-0.2, 0) is 0 Å². The van der Waals surface area contributed by atoms with Crippen molar-refractivity contribution in [1.82, 2.24) is 14.5 Å². The molecule has 0 aliphatic carbocycles. The van der Waals surface area contributed by atoms with Gasteiger partial charge in [-0.1, -0.05) is 17.7 Å². The number of hydrogen-bond donors (Lipinski definition) is 1. The van der Waals surface area contributed by atoms with Crippen LogP contribution in [0.5, 0.6) is 0 Å². The maximum atomic E-state index is 6.05. The lowest BCUT2D eigenvalue weighted by molar-refractivity contribution is 1.06. The van der Waals surface area contributed by atoms with Gasteiger partial charge in [0.15, 0.2) is 5.65 Å². The summed E-state index contributed by atoms with van der Waals surface area (Å²) in [5, 5.41) is 0. The Balaban J connectivity index is 2.33. The summed E-state index contributed by atoms with van der Waals surface area (Å²) in [5.74, 6) is 0.472. The average Bonchev–Trinajstić information content (AvgIpc) is 2.65. The molecule has 0 aliphatic heterocycles. The number of pyridine rings is 1. The van der Waals surface area contributed by atoms with Crippen molar-refractivity contribution in [3.63, 3.8) is 0 Å². The van der Waals surface area contributed by atoms with Crippen LogP contribution >= 0.6 is 0 Å². The minimum Gasteiger partial charge on any atom is -0.369 e. The number of fused-ring (bicyclic) bond motifs is 1. The van der Waals surface area contributed by atoms with E-state index in [4.69, 9.17) is 5.73 Å². The molecule has 4 heteroatoms. The van der Waals surface area contributed by atoms with Gasteiger partial charge in [0.2, 0.25) is 5.95 Å². The van der Waals surface area contributed by atoms with Crippen LogP contribution in [0.2, 0.25) is 0 Å². The number of anilines is 1. The molecule has 0 aliphatic rings. The number of benzene rings is 1. The minimum absolute atomic E-state index is 0.472. The molecule has 19 heavy (non-hydrogen) atoms. The number of imidazole rings is 1. The van der Waals surface area contributed by atoms with E-state index in [0.29, 0.717) is 5.95 Å². The zero-order valence-electron chi connectivity index (χ0n) is 11.3. The number of aromatic nitrogens is 3. The Kier molecular flexibility index (Phi) is 2.52. The van der Waals surface area contributed by atoms with Crippen molar-refractivity contribution in [3.8, 4) is 5.69 Å². The first-order valence-electron chi connectivity index (χ1n) is 6.24. The lowest BCUT2D eigenvalue weighted by Crippen LogP contribution is -2.03. The zero-order chi connectivity index (χ0) is 13.6. The van der Waals surface area contributed by atoms with Crippen LogP contribution in [0.3, 0.4) is 0 Å². The fourth-order valence-corrected chi connectivity index (χ4v) is 2.38. The Hall–Kier alpha value is -2.36. The van der Waals surface area contributed by atoms with Crippen LogP contribution in [0, 0.1) is 20.8 Å². The van der Waals surface area contributed by atoms with Gasteiger partial charge in [-0.2, -0.15) is 0 Å². The summed E-state index contributed by atoms with van der Waals surface area (Å²) >= 11 is 0. The highest BCUT2D eigenvalue weighted by atomic mass is 15.2. The molecule has 0 atom stereocenters. The van der Waals surface area contributed by atoms with Gasteiger partial charge in [0.25, 0.3) is 0 Å². The average molecular weight is 252 g/mol. The summed E-state index contributed by atoms with van der Waals surface area (Å²) in [4.78, 5) is 8.85. The Morgan fingerprint density at radius 2 is 1.84 bits per heavy atom. The highest BCUT2D eigenvalue weighted by Crippen LogP contribution is 2.24. The third-order valence-corrected chi connectivity index (χ3v) is 3.25. The first kappa shape index (κ1) is 11.7. The Morgan fingerprint density at radius 3 is 2.58 bits per heavy atom. The van der Waals surface area contributed by atoms with E-state index in [-0.39, 0.29) is 0 Å². The zero-order valence-corrected chi connectivity index (χ0v) is 11.3. The highest BCUT2D eigenvalue weighted by molar-refractivity contribution is 5.77. The van der Waals surface area contributed by atoms with Crippen LogP contribution in [0.4, 0.5) is 5.95 Å². The largest absolute Gasteiger partial charge is 0.369 e. The smallest absolute Gasteiger partial charge is 0.207 e. The van der Waals surface area contributed by atoms with Crippen LogP contribution in [0.1, 0.15) is 16.7 Å². The predicted molar refractivity (Wildman–Crippen MR) is 77.5 cm³/mol. The number of hydrogen-bond acceptors (Lipinski definition) is 3. The molecule has 3 aromatic rings. The van der Waals surface area contributed by atoms with Gasteiger partial charge in [-0.15, -0.1) is 0 Å². The molecule has 0 unspecified atom stereocenters. The van der Waals surface area contributed by atoms with Crippen molar-refractivity contribution >= 4 is 17.1 Å². The molecule has 2 N–H and O–H groups in total. The SMILES string of the molecule is Cc1ccc(-n2c(N)nc3cc(C)cnc32)c(C)c1. The van der Waals surface area contributed by atoms with E-state index >= 15 is 0 Å². The van der Waals surface area contributed by atoms with Crippen LogP contribution in [0.15, 0.2) is 30.5 Å². The van der Waals surface area contributed by atoms with Crippen molar-refractivity contribution < 1.29 is 0 Å². The topological polar surface area (TPSA) is 56.7 Å². The molecule has 0 saturated heterocycles. The van der Waals surface area contributed by atoms with Crippen molar-refractivity contribution in [2.24, 2.45) is 0 Å². The molecule has 0 bridgehead atoms. The van der Waals surface area contributed by atoms with E-state index < -0.39 is 0 Å². The molecule has 2 aromatic heterocycles. The summed E-state index contributed by atoms with van der Waals surface area (Å²) in [6.07, 6.45) is 1.84. The Morgan fingerprint density at radius 1 is 1.05 bits per heavy atom. The van der Waals surface area contributed by atoms with Crippen LogP contribution in [0.25, 0.3) is 16.9 Å². The molecule has 1 aromatic carbocycles. The van der Waals surface area contributed by atoms with Crippen LogP contribution in [-0.4, -0.2) is 14.5 Å². The van der Waals surface area contributed by atoms with Crippen molar-refractivity contribution in [2.45, 2.75) is 20.8 Å². The number of rotatable bonds is 1. The molecule has 0 spiro atoms. The second-order valence-electron chi connectivity index (χ2n) is 4.95. The summed E-state index contributed by atoms with van der Waals surface area (Å²) in [6, 6.07) is 8.26. The van der Waals surface area contributed by atoms with Gasteiger partial charge < -0.3 is 5.73 Å². The molecule has 3 rings (SSSR count). The monoisotopic (exact) mass is 252 g/mol. The van der Waals surface area contributed by atoms with Crippen molar-refractivity contribution in [1.29, 1.82) is 0 Å².